The van der Waals surface area contributed by atoms with E-state index < -0.39 is 0 Å². The van der Waals surface area contributed by atoms with Crippen LogP contribution in [0.3, 0.4) is 0 Å². The van der Waals surface area contributed by atoms with Crippen LogP contribution >= 0.6 is 11.3 Å². The highest BCUT2D eigenvalue weighted by atomic mass is 32.1. The first-order chi connectivity index (χ1) is 24.7. The van der Waals surface area contributed by atoms with Gasteiger partial charge in [0.05, 0.1) is 0 Å². The van der Waals surface area contributed by atoms with Gasteiger partial charge < -0.3 is 4.42 Å². The molecule has 2 heterocycles. The molecular formula is C45H31N3OS. The molecule has 0 saturated heterocycles. The Balaban J connectivity index is 1.34. The van der Waals surface area contributed by atoms with E-state index >= 15 is 0 Å². The number of nitrogens with one attached hydrogen (secondary N) is 1. The van der Waals surface area contributed by atoms with Gasteiger partial charge in [-0.2, -0.15) is 0 Å². The van der Waals surface area contributed by atoms with Gasteiger partial charge in [-0.1, -0.05) is 109 Å². The lowest BCUT2D eigenvalue weighted by atomic mass is 9.93. The Morgan fingerprint density at radius 2 is 1.42 bits per heavy atom. The number of aliphatic imine (C=N–C) groups is 2. The molecule has 9 rings (SSSR count). The summed E-state index contributed by atoms with van der Waals surface area (Å²) in [6.07, 6.45) is 7.88. The first kappa shape index (κ1) is 29.9. The molecule has 0 unspecified atom stereocenters. The number of fused-ring (bicyclic) bond motifs is 6. The predicted octanol–water partition coefficient (Wildman–Crippen LogP) is 12.7. The molecular weight excluding hydrogens is 631 g/mol. The van der Waals surface area contributed by atoms with Gasteiger partial charge in [-0.05, 0) is 83.8 Å². The van der Waals surface area contributed by atoms with E-state index in [0.717, 1.165) is 73.7 Å². The van der Waals surface area contributed by atoms with Crippen molar-refractivity contribution in [3.05, 3.63) is 157 Å². The SMILES string of the molecule is C=NC(=NC(=N)c1ccc(-c2ccc3c(c2)sc2ccccc23)c2oc3c(-c4ccccc4)cc(-c4ccccc4)cc3c12)C1=CC=CCC1. The molecule has 1 N–H and O–H groups in total. The minimum Gasteiger partial charge on any atom is -0.455 e. The van der Waals surface area contributed by atoms with Crippen molar-refractivity contribution in [3.8, 4) is 33.4 Å². The number of furan rings is 1. The third-order valence-corrected chi connectivity index (χ3v) is 10.7. The van der Waals surface area contributed by atoms with Crippen LogP contribution in [0.15, 0.2) is 166 Å². The topological polar surface area (TPSA) is 61.7 Å². The summed E-state index contributed by atoms with van der Waals surface area (Å²) in [6.45, 7) is 3.81. The molecule has 8 aromatic rings. The number of nitrogens with zero attached hydrogens (tertiary/aromatic N) is 2. The van der Waals surface area contributed by atoms with Crippen molar-refractivity contribution in [2.75, 3.05) is 0 Å². The maximum Gasteiger partial charge on any atom is 0.156 e. The second kappa shape index (κ2) is 12.4. The van der Waals surface area contributed by atoms with Crippen LogP contribution in [-0.2, 0) is 0 Å². The molecule has 0 radical (unpaired) electrons. The number of amidine groups is 2. The highest BCUT2D eigenvalue weighted by Crippen LogP contribution is 2.45. The van der Waals surface area contributed by atoms with E-state index in [1.807, 2.05) is 30.4 Å². The van der Waals surface area contributed by atoms with Crippen molar-refractivity contribution < 1.29 is 4.42 Å². The van der Waals surface area contributed by atoms with Crippen LogP contribution in [0, 0.1) is 5.41 Å². The van der Waals surface area contributed by atoms with Gasteiger partial charge in [0, 0.05) is 47.6 Å². The number of allylic oxidation sites excluding steroid dienone is 3. The van der Waals surface area contributed by atoms with Crippen molar-refractivity contribution in [1.29, 1.82) is 5.41 Å². The molecule has 0 amide bonds. The van der Waals surface area contributed by atoms with Crippen molar-refractivity contribution in [2.24, 2.45) is 9.98 Å². The lowest BCUT2D eigenvalue weighted by molar-refractivity contribution is 0.671. The van der Waals surface area contributed by atoms with E-state index in [-0.39, 0.29) is 5.84 Å². The summed E-state index contributed by atoms with van der Waals surface area (Å²) >= 11 is 1.80. The van der Waals surface area contributed by atoms with Crippen molar-refractivity contribution in [3.63, 3.8) is 0 Å². The zero-order valence-corrected chi connectivity index (χ0v) is 28.0. The highest BCUT2D eigenvalue weighted by molar-refractivity contribution is 7.25. The standard InChI is InChI=1S/C45H31N3OS/c1-47-45(30-17-9-4-10-18-30)48-44(46)36-24-23-33(31-21-22-35-34-19-11-12-20-39(34)50-40(35)27-31)43-41(36)38-26-32(28-13-5-2-6-14-28)25-37(42(38)49-43)29-15-7-3-8-16-29/h2-9,11-17,19-27,46H,1,10,18H2. The molecule has 238 valence electrons. The van der Waals surface area contributed by atoms with E-state index in [1.165, 1.54) is 20.2 Å². The number of thiophene rings is 1. The summed E-state index contributed by atoms with van der Waals surface area (Å²) in [5.74, 6) is 0.600. The second-order valence-electron chi connectivity index (χ2n) is 12.5. The summed E-state index contributed by atoms with van der Waals surface area (Å²) in [5, 5.41) is 13.7. The van der Waals surface area contributed by atoms with E-state index in [0.29, 0.717) is 11.4 Å². The summed E-state index contributed by atoms with van der Waals surface area (Å²) in [6, 6.07) is 44.5. The largest absolute Gasteiger partial charge is 0.455 e. The molecule has 0 atom stereocenters. The molecule has 6 aromatic carbocycles. The van der Waals surface area contributed by atoms with Crippen LogP contribution in [0.25, 0.3) is 75.5 Å². The molecule has 0 aliphatic heterocycles. The van der Waals surface area contributed by atoms with Crippen molar-refractivity contribution in [2.45, 2.75) is 12.8 Å². The third-order valence-electron chi connectivity index (χ3n) is 9.53. The van der Waals surface area contributed by atoms with Gasteiger partial charge >= 0.3 is 0 Å². The predicted molar refractivity (Wildman–Crippen MR) is 213 cm³/mol. The Bertz CT molecular complexity index is 2730. The van der Waals surface area contributed by atoms with Crippen molar-refractivity contribution >= 4 is 71.8 Å². The van der Waals surface area contributed by atoms with Crippen LogP contribution in [-0.4, -0.2) is 18.4 Å². The second-order valence-corrected chi connectivity index (χ2v) is 13.6. The number of hydrogen-bond donors (Lipinski definition) is 1. The fraction of sp³-hybridized carbons (Fsp3) is 0.0444. The first-order valence-electron chi connectivity index (χ1n) is 16.7. The molecule has 1 aliphatic rings. The minimum atomic E-state index is 0.119. The zero-order chi connectivity index (χ0) is 33.6. The Labute approximate surface area is 293 Å². The quantitative estimate of drug-likeness (QED) is 0.145. The van der Waals surface area contributed by atoms with Crippen LogP contribution < -0.4 is 0 Å². The molecule has 1 aliphatic carbocycles. The van der Waals surface area contributed by atoms with Crippen LogP contribution in [0.4, 0.5) is 0 Å². The monoisotopic (exact) mass is 661 g/mol. The average molecular weight is 662 g/mol. The Morgan fingerprint density at radius 3 is 2.20 bits per heavy atom. The number of rotatable bonds is 5. The molecule has 5 heteroatoms. The van der Waals surface area contributed by atoms with Gasteiger partial charge in [-0.15, -0.1) is 11.3 Å². The van der Waals surface area contributed by atoms with E-state index in [4.69, 9.17) is 9.41 Å². The van der Waals surface area contributed by atoms with E-state index in [1.54, 1.807) is 11.3 Å². The van der Waals surface area contributed by atoms with Gasteiger partial charge in [0.25, 0.3) is 0 Å². The smallest absolute Gasteiger partial charge is 0.156 e. The lowest BCUT2D eigenvalue weighted by Crippen LogP contribution is -2.06. The molecule has 2 aromatic heterocycles. The lowest BCUT2D eigenvalue weighted by Gasteiger charge is -2.11. The van der Waals surface area contributed by atoms with Crippen LogP contribution in [0.2, 0.25) is 0 Å². The number of hydrogen-bond acceptors (Lipinski definition) is 3. The zero-order valence-electron chi connectivity index (χ0n) is 27.2. The Morgan fingerprint density at radius 1 is 0.660 bits per heavy atom. The number of benzene rings is 6. The van der Waals surface area contributed by atoms with Gasteiger partial charge in [0.15, 0.2) is 11.7 Å². The first-order valence-corrected chi connectivity index (χ1v) is 17.5. The van der Waals surface area contributed by atoms with Crippen LogP contribution in [0.1, 0.15) is 18.4 Å². The maximum absolute atomic E-state index is 9.40. The fourth-order valence-corrected chi connectivity index (χ4v) is 8.24. The molecule has 4 nitrogen and oxygen atoms in total. The van der Waals surface area contributed by atoms with Gasteiger partial charge in [-0.25, -0.2) is 9.98 Å². The van der Waals surface area contributed by atoms with Gasteiger partial charge in [0.1, 0.15) is 11.2 Å². The minimum absolute atomic E-state index is 0.119. The van der Waals surface area contributed by atoms with Gasteiger partial charge in [-0.3, -0.25) is 5.41 Å². The maximum atomic E-state index is 9.40. The summed E-state index contributed by atoms with van der Waals surface area (Å²) in [5.41, 5.74) is 9.45. The molecule has 0 spiro atoms. The fourth-order valence-electron chi connectivity index (χ4n) is 7.09. The van der Waals surface area contributed by atoms with Gasteiger partial charge in [0.2, 0.25) is 0 Å². The third kappa shape index (κ3) is 5.11. The van der Waals surface area contributed by atoms with E-state index in [2.05, 4.69) is 127 Å². The molecule has 0 fully saturated rings. The highest BCUT2D eigenvalue weighted by Gasteiger charge is 2.23. The Hall–Kier alpha value is -6.17. The molecule has 50 heavy (non-hydrogen) atoms. The van der Waals surface area contributed by atoms with E-state index in [9.17, 15) is 5.41 Å². The Kier molecular flexibility index (Phi) is 7.41. The summed E-state index contributed by atoms with van der Waals surface area (Å²) < 4.78 is 9.52. The van der Waals surface area contributed by atoms with Crippen molar-refractivity contribution in [1.82, 2.24) is 0 Å². The normalized spacial score (nSPS) is 13.4. The summed E-state index contributed by atoms with van der Waals surface area (Å²) in [7, 11) is 0. The molecule has 0 saturated carbocycles. The van der Waals surface area contributed by atoms with Crippen LogP contribution in [0.5, 0.6) is 0 Å². The average Bonchev–Trinajstić information content (AvgIpc) is 3.76. The summed E-state index contributed by atoms with van der Waals surface area (Å²) in [4.78, 5) is 9.04. The molecule has 0 bridgehead atoms.